The van der Waals surface area contributed by atoms with Crippen LogP contribution in [0.1, 0.15) is 18.1 Å². The summed E-state index contributed by atoms with van der Waals surface area (Å²) in [6.07, 6.45) is 1.82. The van der Waals surface area contributed by atoms with Crippen LogP contribution in [-0.4, -0.2) is 25.0 Å². The van der Waals surface area contributed by atoms with Gasteiger partial charge in [0, 0.05) is 17.1 Å². The molecule has 0 unspecified atom stereocenters. The molecule has 0 saturated heterocycles. The highest BCUT2D eigenvalue weighted by Gasteiger charge is 2.21. The molecule has 142 valence electrons. The van der Waals surface area contributed by atoms with Gasteiger partial charge in [-0.3, -0.25) is 4.57 Å². The van der Waals surface area contributed by atoms with Crippen LogP contribution < -0.4 is 0 Å². The minimum absolute atomic E-state index is 0.0768. The lowest BCUT2D eigenvalue weighted by Gasteiger charge is -2.10. The summed E-state index contributed by atoms with van der Waals surface area (Å²) in [7, 11) is 0. The molecule has 1 atom stereocenters. The Kier molecular flexibility index (Phi) is 5.61. The van der Waals surface area contributed by atoms with Crippen molar-refractivity contribution in [2.45, 2.75) is 23.9 Å². The van der Waals surface area contributed by atoms with Gasteiger partial charge in [0.1, 0.15) is 0 Å². The number of benzene rings is 1. The van der Waals surface area contributed by atoms with Gasteiger partial charge in [-0.05, 0) is 42.6 Å². The fraction of sp³-hybridized carbons (Fsp3) is 0.158. The Morgan fingerprint density at radius 1 is 1.21 bits per heavy atom. The van der Waals surface area contributed by atoms with Gasteiger partial charge in [-0.1, -0.05) is 35.5 Å². The number of thioether (sulfide) groups is 1. The molecule has 28 heavy (non-hydrogen) atoms. The number of halogens is 1. The molecule has 4 aromatic rings. The summed E-state index contributed by atoms with van der Waals surface area (Å²) < 4.78 is 7.85. The zero-order valence-corrected chi connectivity index (χ0v) is 17.3. The molecule has 0 radical (unpaired) electrons. The van der Waals surface area contributed by atoms with Gasteiger partial charge in [0.25, 0.3) is 5.89 Å². The second kappa shape index (κ2) is 8.30. The van der Waals surface area contributed by atoms with Crippen molar-refractivity contribution in [1.29, 1.82) is 0 Å². The Labute approximate surface area is 175 Å². The van der Waals surface area contributed by atoms with Gasteiger partial charge >= 0.3 is 0 Å². The number of aromatic nitrogens is 5. The second-order valence-corrected chi connectivity index (χ2v) is 8.59. The van der Waals surface area contributed by atoms with E-state index in [4.69, 9.17) is 16.0 Å². The molecule has 1 aromatic carbocycles. The molecule has 3 aromatic heterocycles. The van der Waals surface area contributed by atoms with Crippen molar-refractivity contribution >= 4 is 34.7 Å². The Morgan fingerprint density at radius 3 is 2.75 bits per heavy atom. The summed E-state index contributed by atoms with van der Waals surface area (Å²) in [5, 5.41) is 20.4. The Hall–Kier alpha value is -2.42. The molecular weight excluding hydrogens is 414 g/mol. The maximum absolute atomic E-state index is 6.00. The van der Waals surface area contributed by atoms with E-state index in [1.807, 2.05) is 59.3 Å². The van der Waals surface area contributed by atoms with Crippen molar-refractivity contribution in [3.63, 3.8) is 0 Å². The van der Waals surface area contributed by atoms with Crippen molar-refractivity contribution in [3.05, 3.63) is 65.3 Å². The van der Waals surface area contributed by atoms with E-state index >= 15 is 0 Å². The van der Waals surface area contributed by atoms with Crippen molar-refractivity contribution < 1.29 is 4.42 Å². The minimum Gasteiger partial charge on any atom is -0.419 e. The average molecular weight is 430 g/mol. The first-order valence-electron chi connectivity index (χ1n) is 8.49. The third kappa shape index (κ3) is 3.89. The maximum Gasteiger partial charge on any atom is 0.257 e. The van der Waals surface area contributed by atoms with E-state index in [1.165, 1.54) is 11.8 Å². The van der Waals surface area contributed by atoms with E-state index in [0.29, 0.717) is 23.3 Å². The summed E-state index contributed by atoms with van der Waals surface area (Å²) in [5.74, 6) is 1.84. The number of rotatable bonds is 7. The number of nitrogens with zero attached hydrogens (tertiary/aromatic N) is 5. The fourth-order valence-corrected chi connectivity index (χ4v) is 4.25. The fourth-order valence-electron chi connectivity index (χ4n) is 2.59. The van der Waals surface area contributed by atoms with Gasteiger partial charge in [0.05, 0.1) is 10.1 Å². The molecule has 0 spiro atoms. The van der Waals surface area contributed by atoms with Crippen molar-refractivity contribution in [1.82, 2.24) is 25.0 Å². The molecule has 0 aliphatic carbocycles. The van der Waals surface area contributed by atoms with E-state index in [1.54, 1.807) is 11.3 Å². The molecule has 0 bridgehead atoms. The zero-order chi connectivity index (χ0) is 19.5. The monoisotopic (exact) mass is 429 g/mol. The Morgan fingerprint density at radius 2 is 2.04 bits per heavy atom. The van der Waals surface area contributed by atoms with Crippen molar-refractivity contribution in [2.24, 2.45) is 0 Å². The number of hydrogen-bond acceptors (Lipinski definition) is 7. The van der Waals surface area contributed by atoms with Gasteiger partial charge in [-0.15, -0.1) is 38.3 Å². The Bertz CT molecular complexity index is 1070. The van der Waals surface area contributed by atoms with Crippen LogP contribution >= 0.6 is 34.7 Å². The lowest BCUT2D eigenvalue weighted by Crippen LogP contribution is -2.01. The standard InChI is InChI=1S/C19H16ClN5OS2/c1-3-10-25-16(13-6-8-14(20)9-7-13)21-24-19(25)28-12(2)17-22-23-18(26-17)15-5-4-11-27-15/h3-9,11-12H,1,10H2,2H3/t12-/m0/s1. The molecule has 6 nitrogen and oxygen atoms in total. The molecule has 3 heterocycles. The highest BCUT2D eigenvalue weighted by Crippen LogP contribution is 2.36. The summed E-state index contributed by atoms with van der Waals surface area (Å²) >= 11 is 9.08. The number of allylic oxidation sites excluding steroid dienone is 1. The van der Waals surface area contributed by atoms with Gasteiger partial charge < -0.3 is 4.42 Å². The van der Waals surface area contributed by atoms with Crippen LogP contribution in [0.25, 0.3) is 22.2 Å². The predicted octanol–water partition coefficient (Wildman–Crippen LogP) is 5.75. The topological polar surface area (TPSA) is 69.6 Å². The van der Waals surface area contributed by atoms with Crippen LogP contribution in [0.15, 0.2) is 64.0 Å². The van der Waals surface area contributed by atoms with Crippen LogP contribution in [0.3, 0.4) is 0 Å². The first-order chi connectivity index (χ1) is 13.7. The molecule has 4 rings (SSSR count). The molecule has 0 saturated carbocycles. The molecule has 0 aliphatic rings. The number of hydrogen-bond donors (Lipinski definition) is 0. The van der Waals surface area contributed by atoms with Crippen LogP contribution in [0, 0.1) is 0 Å². The molecule has 0 aliphatic heterocycles. The number of thiophene rings is 1. The van der Waals surface area contributed by atoms with E-state index in [0.717, 1.165) is 21.4 Å². The van der Waals surface area contributed by atoms with E-state index in [-0.39, 0.29) is 5.25 Å². The van der Waals surface area contributed by atoms with Gasteiger partial charge in [0.2, 0.25) is 5.89 Å². The van der Waals surface area contributed by atoms with Gasteiger partial charge in [0.15, 0.2) is 11.0 Å². The first kappa shape index (κ1) is 18.9. The third-order valence-corrected chi connectivity index (χ3v) is 6.11. The van der Waals surface area contributed by atoms with Gasteiger partial charge in [-0.2, -0.15) is 0 Å². The highest BCUT2D eigenvalue weighted by molar-refractivity contribution is 7.99. The first-order valence-corrected chi connectivity index (χ1v) is 10.6. The molecular formula is C19H16ClN5OS2. The zero-order valence-electron chi connectivity index (χ0n) is 14.9. The smallest absolute Gasteiger partial charge is 0.257 e. The second-order valence-electron chi connectivity index (χ2n) is 5.90. The van der Waals surface area contributed by atoms with Crippen LogP contribution in [-0.2, 0) is 6.54 Å². The van der Waals surface area contributed by atoms with Crippen molar-refractivity contribution in [2.75, 3.05) is 0 Å². The third-order valence-electron chi connectivity index (χ3n) is 3.93. The highest BCUT2D eigenvalue weighted by atomic mass is 35.5. The predicted molar refractivity (Wildman–Crippen MR) is 113 cm³/mol. The van der Waals surface area contributed by atoms with Crippen LogP contribution in [0.4, 0.5) is 0 Å². The van der Waals surface area contributed by atoms with Crippen LogP contribution in [0.5, 0.6) is 0 Å². The maximum atomic E-state index is 6.00. The largest absolute Gasteiger partial charge is 0.419 e. The summed E-state index contributed by atoms with van der Waals surface area (Å²) in [4.78, 5) is 0.954. The van der Waals surface area contributed by atoms with E-state index in [9.17, 15) is 0 Å². The molecule has 0 fully saturated rings. The average Bonchev–Trinajstić information content (AvgIpc) is 3.44. The lowest BCUT2D eigenvalue weighted by molar-refractivity contribution is 0.509. The van der Waals surface area contributed by atoms with Gasteiger partial charge in [-0.25, -0.2) is 0 Å². The SMILES string of the molecule is C=CCn1c(S[C@@H](C)c2nnc(-c3cccs3)o2)nnc1-c1ccc(Cl)cc1. The van der Waals surface area contributed by atoms with Crippen molar-refractivity contribution in [3.8, 4) is 22.2 Å². The molecule has 9 heteroatoms. The normalized spacial score (nSPS) is 12.2. The van der Waals surface area contributed by atoms with Crippen LogP contribution in [0.2, 0.25) is 5.02 Å². The summed E-state index contributed by atoms with van der Waals surface area (Å²) in [5.41, 5.74) is 0.941. The minimum atomic E-state index is -0.0768. The Balaban J connectivity index is 1.59. The molecule has 0 amide bonds. The summed E-state index contributed by atoms with van der Waals surface area (Å²) in [6.45, 7) is 6.44. The molecule has 0 N–H and O–H groups in total. The summed E-state index contributed by atoms with van der Waals surface area (Å²) in [6, 6.07) is 11.4. The van der Waals surface area contributed by atoms with E-state index < -0.39 is 0 Å². The lowest BCUT2D eigenvalue weighted by atomic mass is 10.2. The van der Waals surface area contributed by atoms with E-state index in [2.05, 4.69) is 27.0 Å². The quantitative estimate of drug-likeness (QED) is 0.275.